The second-order valence-electron chi connectivity index (χ2n) is 10.2. The molecule has 5 nitrogen and oxygen atoms in total. The van der Waals surface area contributed by atoms with Gasteiger partial charge in [0, 0.05) is 49.9 Å². The summed E-state index contributed by atoms with van der Waals surface area (Å²) in [5.41, 5.74) is 2.57. The summed E-state index contributed by atoms with van der Waals surface area (Å²) < 4.78 is 20.7. The molecule has 194 valence electrons. The number of rotatable bonds is 8. The molecule has 1 amide bonds. The van der Waals surface area contributed by atoms with E-state index < -0.39 is 0 Å². The molecule has 2 saturated heterocycles. The third kappa shape index (κ3) is 5.30. The van der Waals surface area contributed by atoms with E-state index in [1.165, 1.54) is 21.8 Å². The smallest absolute Gasteiger partial charge is 0.268 e. The van der Waals surface area contributed by atoms with E-state index in [0.717, 1.165) is 19.6 Å². The summed E-state index contributed by atoms with van der Waals surface area (Å²) >= 11 is 3.21. The maximum absolute atomic E-state index is 15.3. The number of hydrogen-bond acceptors (Lipinski definition) is 6. The zero-order chi connectivity index (χ0) is 25.4. The Morgan fingerprint density at radius 3 is 2.51 bits per heavy atom. The van der Waals surface area contributed by atoms with Gasteiger partial charge < -0.3 is 14.5 Å². The Bertz CT molecular complexity index is 1220. The normalized spacial score (nSPS) is 23.2. The van der Waals surface area contributed by atoms with Gasteiger partial charge in [-0.15, -0.1) is 23.1 Å². The molecule has 2 aliphatic heterocycles. The summed E-state index contributed by atoms with van der Waals surface area (Å²) in [4.78, 5) is 21.9. The molecule has 3 fully saturated rings. The summed E-state index contributed by atoms with van der Waals surface area (Å²) in [5.74, 6) is 1.34. The van der Waals surface area contributed by atoms with Crippen LogP contribution in [0.5, 0.6) is 0 Å². The monoisotopic (exact) mass is 537 g/mol. The van der Waals surface area contributed by atoms with E-state index in [2.05, 4.69) is 35.4 Å². The SMILES string of the molecule is CSc1ccc(CN2CC3C(C2)C3CN(C(=O)c2cccs2)c2ccc(N3CCOCC3)c(F)c2)cc1. The molecule has 3 heterocycles. The Kier molecular flexibility index (Phi) is 7.25. The molecule has 2 unspecified atom stereocenters. The maximum atomic E-state index is 15.3. The van der Waals surface area contributed by atoms with Crippen LogP contribution in [0.3, 0.4) is 0 Å². The van der Waals surface area contributed by atoms with Gasteiger partial charge in [0.05, 0.1) is 23.8 Å². The number of likely N-dealkylation sites (tertiary alicyclic amines) is 1. The minimum atomic E-state index is -0.280. The topological polar surface area (TPSA) is 36.0 Å². The van der Waals surface area contributed by atoms with Gasteiger partial charge in [-0.25, -0.2) is 4.39 Å². The largest absolute Gasteiger partial charge is 0.378 e. The summed E-state index contributed by atoms with van der Waals surface area (Å²) in [6, 6.07) is 17.9. The number of thioether (sulfide) groups is 1. The Hall–Kier alpha value is -2.39. The summed E-state index contributed by atoms with van der Waals surface area (Å²) in [6.07, 6.45) is 2.10. The lowest BCUT2D eigenvalue weighted by atomic mass is 10.1. The number of benzene rings is 2. The van der Waals surface area contributed by atoms with Crippen LogP contribution >= 0.6 is 23.1 Å². The van der Waals surface area contributed by atoms with Crippen LogP contribution in [0.1, 0.15) is 15.2 Å². The fourth-order valence-electron chi connectivity index (χ4n) is 5.90. The maximum Gasteiger partial charge on any atom is 0.268 e. The number of amides is 1. The first-order valence-corrected chi connectivity index (χ1v) is 15.0. The van der Waals surface area contributed by atoms with Crippen LogP contribution in [0.4, 0.5) is 15.8 Å². The molecule has 1 aliphatic carbocycles. The fraction of sp³-hybridized carbons (Fsp3) is 0.414. The van der Waals surface area contributed by atoms with Crippen LogP contribution in [0.2, 0.25) is 0 Å². The summed E-state index contributed by atoms with van der Waals surface area (Å²) in [5, 5.41) is 1.92. The first-order valence-electron chi connectivity index (χ1n) is 12.9. The van der Waals surface area contributed by atoms with Crippen molar-refractivity contribution >= 4 is 40.4 Å². The zero-order valence-corrected chi connectivity index (χ0v) is 22.6. The fourth-order valence-corrected chi connectivity index (χ4v) is 6.98. The molecule has 1 aromatic heterocycles. The van der Waals surface area contributed by atoms with Crippen LogP contribution in [-0.4, -0.2) is 63.0 Å². The van der Waals surface area contributed by atoms with Crippen LogP contribution in [0.25, 0.3) is 0 Å². The van der Waals surface area contributed by atoms with Crippen molar-refractivity contribution < 1.29 is 13.9 Å². The van der Waals surface area contributed by atoms with Gasteiger partial charge in [0.25, 0.3) is 5.91 Å². The minimum absolute atomic E-state index is 0.0377. The number of nitrogens with zero attached hydrogens (tertiary/aromatic N) is 3. The van der Waals surface area contributed by atoms with Crippen molar-refractivity contribution in [3.8, 4) is 0 Å². The van der Waals surface area contributed by atoms with E-state index in [1.807, 2.05) is 39.4 Å². The molecule has 0 spiro atoms. The number of thiophene rings is 1. The van der Waals surface area contributed by atoms with Crippen molar-refractivity contribution in [2.24, 2.45) is 17.8 Å². The summed E-state index contributed by atoms with van der Waals surface area (Å²) in [7, 11) is 0. The second-order valence-corrected chi connectivity index (χ2v) is 12.0. The highest BCUT2D eigenvalue weighted by Crippen LogP contribution is 2.52. The van der Waals surface area contributed by atoms with Gasteiger partial charge in [0.15, 0.2) is 0 Å². The number of anilines is 2. The Labute approximate surface area is 226 Å². The number of ether oxygens (including phenoxy) is 1. The van der Waals surface area contributed by atoms with Gasteiger partial charge in [-0.3, -0.25) is 9.69 Å². The highest BCUT2D eigenvalue weighted by molar-refractivity contribution is 7.98. The zero-order valence-electron chi connectivity index (χ0n) is 21.0. The number of halogens is 1. The van der Waals surface area contributed by atoms with Gasteiger partial charge in [-0.2, -0.15) is 0 Å². The third-order valence-electron chi connectivity index (χ3n) is 7.98. The molecule has 2 atom stereocenters. The van der Waals surface area contributed by atoms with Crippen molar-refractivity contribution in [3.05, 3.63) is 76.2 Å². The molecule has 3 aliphatic rings. The average Bonchev–Trinajstić information content (AvgIpc) is 3.31. The molecular formula is C29H32FN3O2S2. The van der Waals surface area contributed by atoms with Crippen LogP contribution in [0.15, 0.2) is 64.9 Å². The van der Waals surface area contributed by atoms with Crippen LogP contribution in [-0.2, 0) is 11.3 Å². The molecule has 8 heteroatoms. The van der Waals surface area contributed by atoms with Crippen molar-refractivity contribution in [1.82, 2.24) is 4.90 Å². The average molecular weight is 538 g/mol. The van der Waals surface area contributed by atoms with Gasteiger partial charge in [-0.05, 0) is 71.4 Å². The molecule has 0 N–H and O–H groups in total. The lowest BCUT2D eigenvalue weighted by Crippen LogP contribution is -2.37. The quantitative estimate of drug-likeness (QED) is 0.356. The number of carbonyl (C=O) groups is 1. The van der Waals surface area contributed by atoms with Gasteiger partial charge in [0.1, 0.15) is 5.82 Å². The number of morpholine rings is 1. The lowest BCUT2D eigenvalue weighted by molar-refractivity contribution is 0.0988. The molecule has 37 heavy (non-hydrogen) atoms. The van der Waals surface area contributed by atoms with Crippen molar-refractivity contribution in [2.45, 2.75) is 11.4 Å². The molecule has 0 bridgehead atoms. The van der Waals surface area contributed by atoms with E-state index in [-0.39, 0.29) is 11.7 Å². The van der Waals surface area contributed by atoms with E-state index in [9.17, 15) is 4.79 Å². The van der Waals surface area contributed by atoms with E-state index in [0.29, 0.717) is 66.9 Å². The highest BCUT2D eigenvalue weighted by Gasteiger charge is 2.56. The van der Waals surface area contributed by atoms with Crippen LogP contribution in [0, 0.1) is 23.6 Å². The third-order valence-corrected chi connectivity index (χ3v) is 9.58. The van der Waals surface area contributed by atoms with Crippen molar-refractivity contribution in [3.63, 3.8) is 0 Å². The Balaban J connectivity index is 1.14. The van der Waals surface area contributed by atoms with E-state index >= 15 is 4.39 Å². The Morgan fingerprint density at radius 1 is 1.11 bits per heavy atom. The molecule has 2 aromatic carbocycles. The summed E-state index contributed by atoms with van der Waals surface area (Å²) in [6.45, 7) is 6.30. The first kappa shape index (κ1) is 24.9. The standard InChI is InChI=1S/C29H32FN3O2S2/c1-36-22-7-4-20(5-8-22)16-31-17-23-24(18-31)25(23)19-33(29(34)28-3-2-14-37-28)21-6-9-27(26(30)15-21)32-10-12-35-13-11-32/h2-9,14-15,23-25H,10-13,16-19H2,1H3. The molecule has 1 saturated carbocycles. The molecular weight excluding hydrogens is 505 g/mol. The first-order chi connectivity index (χ1) is 18.1. The molecule has 6 rings (SSSR count). The Morgan fingerprint density at radius 2 is 1.86 bits per heavy atom. The number of fused-ring (bicyclic) bond motifs is 1. The molecule has 0 radical (unpaired) electrons. The number of piperidine rings is 1. The van der Waals surface area contributed by atoms with Gasteiger partial charge in [0.2, 0.25) is 0 Å². The van der Waals surface area contributed by atoms with Gasteiger partial charge in [-0.1, -0.05) is 18.2 Å². The van der Waals surface area contributed by atoms with Crippen molar-refractivity contribution in [1.29, 1.82) is 0 Å². The lowest BCUT2D eigenvalue weighted by Gasteiger charge is -2.30. The van der Waals surface area contributed by atoms with Crippen LogP contribution < -0.4 is 9.80 Å². The number of carbonyl (C=O) groups excluding carboxylic acids is 1. The van der Waals surface area contributed by atoms with E-state index in [1.54, 1.807) is 17.8 Å². The predicted octanol–water partition coefficient (Wildman–Crippen LogP) is 5.47. The predicted molar refractivity (Wildman–Crippen MR) is 149 cm³/mol. The highest BCUT2D eigenvalue weighted by atomic mass is 32.2. The second kappa shape index (κ2) is 10.8. The number of hydrogen-bond donors (Lipinski definition) is 0. The van der Waals surface area contributed by atoms with E-state index in [4.69, 9.17) is 4.74 Å². The van der Waals surface area contributed by atoms with Gasteiger partial charge >= 0.3 is 0 Å². The van der Waals surface area contributed by atoms with Crippen molar-refractivity contribution in [2.75, 3.05) is 62.0 Å². The molecule has 3 aromatic rings. The minimum Gasteiger partial charge on any atom is -0.378 e.